The van der Waals surface area contributed by atoms with Gasteiger partial charge in [-0.2, -0.15) is 10.2 Å². The van der Waals surface area contributed by atoms with Crippen molar-refractivity contribution in [2.24, 2.45) is 5.92 Å². The van der Waals surface area contributed by atoms with Crippen molar-refractivity contribution in [2.75, 3.05) is 19.6 Å². The molecule has 186 valence electrons. The van der Waals surface area contributed by atoms with Crippen LogP contribution in [0.2, 0.25) is 0 Å². The maximum Gasteiger partial charge on any atom is 0.282 e. The fourth-order valence-corrected chi connectivity index (χ4v) is 5.93. The molecule has 3 aliphatic rings. The summed E-state index contributed by atoms with van der Waals surface area (Å²) < 4.78 is 13.0. The SMILES string of the molecule is N#Cc1cccc(OC2C[N+]3(Cc4nc(C(O)(c5ccccc5)c5ccccc5)no4)CCC2CC3)c1. The van der Waals surface area contributed by atoms with E-state index in [2.05, 4.69) is 11.2 Å². The third-order valence-electron chi connectivity index (χ3n) is 7.94. The van der Waals surface area contributed by atoms with Crippen LogP contribution in [0.15, 0.2) is 89.5 Å². The molecule has 7 rings (SSSR count). The summed E-state index contributed by atoms with van der Waals surface area (Å²) in [5.74, 6) is 2.01. The monoisotopic (exact) mass is 493 g/mol. The van der Waals surface area contributed by atoms with E-state index in [1.165, 1.54) is 0 Å². The number of rotatable bonds is 7. The molecule has 37 heavy (non-hydrogen) atoms. The molecule has 3 fully saturated rings. The van der Waals surface area contributed by atoms with Gasteiger partial charge in [0.2, 0.25) is 5.82 Å². The van der Waals surface area contributed by atoms with E-state index in [-0.39, 0.29) is 11.9 Å². The Morgan fingerprint density at radius 1 is 0.973 bits per heavy atom. The summed E-state index contributed by atoms with van der Waals surface area (Å²) in [4.78, 5) is 4.75. The number of nitriles is 1. The molecule has 1 atom stereocenters. The van der Waals surface area contributed by atoms with Crippen LogP contribution in [0.4, 0.5) is 0 Å². The number of piperidine rings is 3. The van der Waals surface area contributed by atoms with E-state index in [0.717, 1.165) is 42.7 Å². The van der Waals surface area contributed by atoms with Gasteiger partial charge in [0.15, 0.2) is 18.2 Å². The van der Waals surface area contributed by atoms with Crippen molar-refractivity contribution in [3.63, 3.8) is 0 Å². The van der Waals surface area contributed by atoms with Gasteiger partial charge in [-0.05, 0) is 29.3 Å². The quantitative estimate of drug-likeness (QED) is 0.384. The molecule has 3 aliphatic heterocycles. The van der Waals surface area contributed by atoms with Crippen LogP contribution in [0, 0.1) is 17.2 Å². The summed E-state index contributed by atoms with van der Waals surface area (Å²) in [6, 6.07) is 28.5. The smallest absolute Gasteiger partial charge is 0.282 e. The third-order valence-corrected chi connectivity index (χ3v) is 7.94. The van der Waals surface area contributed by atoms with Crippen LogP contribution in [0.1, 0.15) is 41.2 Å². The molecular weight excluding hydrogens is 464 g/mol. The average molecular weight is 494 g/mol. The molecule has 3 saturated heterocycles. The van der Waals surface area contributed by atoms with Crippen LogP contribution in [-0.4, -0.2) is 45.5 Å². The summed E-state index contributed by atoms with van der Waals surface area (Å²) in [6.07, 6.45) is 2.22. The van der Waals surface area contributed by atoms with Gasteiger partial charge in [-0.3, -0.25) is 0 Å². The first-order valence-electron chi connectivity index (χ1n) is 12.8. The molecule has 4 aromatic rings. The zero-order chi connectivity index (χ0) is 25.3. The summed E-state index contributed by atoms with van der Waals surface area (Å²) in [5, 5.41) is 25.5. The zero-order valence-corrected chi connectivity index (χ0v) is 20.5. The summed E-state index contributed by atoms with van der Waals surface area (Å²) >= 11 is 0. The highest BCUT2D eigenvalue weighted by atomic mass is 16.5. The first-order valence-corrected chi connectivity index (χ1v) is 12.8. The largest absolute Gasteiger partial charge is 0.484 e. The molecule has 4 heterocycles. The molecule has 7 heteroatoms. The number of benzene rings is 3. The molecule has 7 nitrogen and oxygen atoms in total. The molecule has 0 amide bonds. The molecular formula is C30H29N4O3+. The predicted molar refractivity (Wildman–Crippen MR) is 136 cm³/mol. The number of nitrogens with zero attached hydrogens (tertiary/aromatic N) is 4. The number of ether oxygens (including phenoxy) is 1. The van der Waals surface area contributed by atoms with E-state index >= 15 is 0 Å². The Morgan fingerprint density at radius 2 is 1.65 bits per heavy atom. The molecule has 0 radical (unpaired) electrons. The molecule has 0 saturated carbocycles. The molecule has 3 aromatic carbocycles. The van der Waals surface area contributed by atoms with Gasteiger partial charge in [0.25, 0.3) is 5.89 Å². The van der Waals surface area contributed by atoms with Crippen LogP contribution < -0.4 is 4.74 Å². The van der Waals surface area contributed by atoms with Gasteiger partial charge in [-0.1, -0.05) is 71.9 Å². The van der Waals surface area contributed by atoms with Crippen molar-refractivity contribution in [2.45, 2.75) is 31.1 Å². The Kier molecular flexibility index (Phi) is 5.99. The fraction of sp³-hybridized carbons (Fsp3) is 0.300. The Morgan fingerprint density at radius 3 is 2.30 bits per heavy atom. The Bertz CT molecular complexity index is 1370. The second-order valence-corrected chi connectivity index (χ2v) is 10.2. The highest BCUT2D eigenvalue weighted by molar-refractivity contribution is 5.42. The van der Waals surface area contributed by atoms with Gasteiger partial charge >= 0.3 is 0 Å². The van der Waals surface area contributed by atoms with Gasteiger partial charge in [-0.15, -0.1) is 0 Å². The summed E-state index contributed by atoms with van der Waals surface area (Å²) in [6.45, 7) is 3.50. The Hall–Kier alpha value is -3.99. The van der Waals surface area contributed by atoms with Crippen molar-refractivity contribution in [1.82, 2.24) is 10.1 Å². The lowest BCUT2D eigenvalue weighted by Gasteiger charge is -2.51. The van der Waals surface area contributed by atoms with Crippen molar-refractivity contribution in [3.05, 3.63) is 113 Å². The minimum absolute atomic E-state index is 0.0735. The molecule has 0 spiro atoms. The minimum atomic E-state index is -1.52. The molecule has 1 unspecified atom stereocenters. The minimum Gasteiger partial charge on any atom is -0.484 e. The van der Waals surface area contributed by atoms with Gasteiger partial charge in [0.1, 0.15) is 12.3 Å². The van der Waals surface area contributed by atoms with E-state index in [0.29, 0.717) is 35.0 Å². The molecule has 2 bridgehead atoms. The van der Waals surface area contributed by atoms with E-state index < -0.39 is 5.60 Å². The Labute approximate surface area is 216 Å². The molecule has 1 aromatic heterocycles. The standard InChI is InChI=1S/C30H29N4O3/c31-19-22-8-7-13-26(18-22)36-27-20-34(16-14-23(27)15-17-34)21-28-32-29(33-37-28)30(35,24-9-3-1-4-10-24)25-11-5-2-6-12-25/h1-13,18,23,27,35H,14-17,20-21H2/q+1. The number of fused-ring (bicyclic) bond motifs is 3. The number of hydrogen-bond donors (Lipinski definition) is 1. The van der Waals surface area contributed by atoms with E-state index in [9.17, 15) is 10.4 Å². The fourth-order valence-electron chi connectivity index (χ4n) is 5.93. The van der Waals surface area contributed by atoms with Crippen LogP contribution >= 0.6 is 0 Å². The van der Waals surface area contributed by atoms with E-state index in [1.807, 2.05) is 72.8 Å². The lowest BCUT2D eigenvalue weighted by Crippen LogP contribution is -2.64. The van der Waals surface area contributed by atoms with E-state index in [4.69, 9.17) is 14.2 Å². The van der Waals surface area contributed by atoms with Gasteiger partial charge in [-0.25, -0.2) is 0 Å². The average Bonchev–Trinajstić information content (AvgIpc) is 3.42. The summed E-state index contributed by atoms with van der Waals surface area (Å²) in [5.41, 5.74) is 0.460. The maximum atomic E-state index is 12.0. The number of quaternary nitrogens is 1. The van der Waals surface area contributed by atoms with Crippen molar-refractivity contribution >= 4 is 0 Å². The Balaban J connectivity index is 1.26. The highest BCUT2D eigenvalue weighted by Crippen LogP contribution is 2.39. The normalized spacial score (nSPS) is 22.9. The second kappa shape index (κ2) is 9.47. The maximum absolute atomic E-state index is 12.0. The predicted octanol–water partition coefficient (Wildman–Crippen LogP) is 4.41. The lowest BCUT2D eigenvalue weighted by atomic mass is 9.83. The number of hydrogen-bond acceptors (Lipinski definition) is 6. The highest BCUT2D eigenvalue weighted by Gasteiger charge is 2.48. The second-order valence-electron chi connectivity index (χ2n) is 10.2. The van der Waals surface area contributed by atoms with Crippen molar-refractivity contribution in [1.29, 1.82) is 5.26 Å². The molecule has 1 N–H and O–H groups in total. The topological polar surface area (TPSA) is 92.2 Å². The van der Waals surface area contributed by atoms with Crippen LogP contribution in [-0.2, 0) is 12.1 Å². The van der Waals surface area contributed by atoms with Crippen LogP contribution in [0.3, 0.4) is 0 Å². The lowest BCUT2D eigenvalue weighted by molar-refractivity contribution is -0.959. The third kappa shape index (κ3) is 4.39. The zero-order valence-electron chi connectivity index (χ0n) is 20.5. The van der Waals surface area contributed by atoms with Crippen molar-refractivity contribution < 1.29 is 18.8 Å². The number of aromatic nitrogens is 2. The van der Waals surface area contributed by atoms with Gasteiger partial charge in [0.05, 0.1) is 24.7 Å². The number of aliphatic hydroxyl groups is 1. The van der Waals surface area contributed by atoms with Gasteiger partial charge < -0.3 is 18.8 Å². The van der Waals surface area contributed by atoms with Crippen LogP contribution in [0.5, 0.6) is 5.75 Å². The first-order chi connectivity index (χ1) is 18.1. The summed E-state index contributed by atoms with van der Waals surface area (Å²) in [7, 11) is 0. The van der Waals surface area contributed by atoms with E-state index in [1.54, 1.807) is 12.1 Å². The van der Waals surface area contributed by atoms with Crippen molar-refractivity contribution in [3.8, 4) is 11.8 Å². The van der Waals surface area contributed by atoms with Crippen LogP contribution in [0.25, 0.3) is 0 Å². The van der Waals surface area contributed by atoms with Gasteiger partial charge in [0, 0.05) is 18.8 Å². The first kappa shape index (κ1) is 23.4. The molecule has 0 aliphatic carbocycles.